The van der Waals surface area contributed by atoms with E-state index < -0.39 is 0 Å². The number of nitrogens with zero attached hydrogens (tertiary/aromatic N) is 1. The van der Waals surface area contributed by atoms with Crippen LogP contribution in [0.2, 0.25) is 0 Å². The first-order valence-corrected chi connectivity index (χ1v) is 6.93. The topological polar surface area (TPSA) is 45.6 Å². The van der Waals surface area contributed by atoms with Crippen molar-refractivity contribution in [2.45, 2.75) is 19.8 Å². The maximum atomic E-state index is 5.16. The lowest BCUT2D eigenvalue weighted by Gasteiger charge is -2.19. The van der Waals surface area contributed by atoms with E-state index in [9.17, 15) is 0 Å². The van der Waals surface area contributed by atoms with Crippen LogP contribution in [0.25, 0.3) is 0 Å². The molecule has 2 N–H and O–H groups in total. The average molecular weight is 261 g/mol. The van der Waals surface area contributed by atoms with Gasteiger partial charge in [-0.1, -0.05) is 19.1 Å². The van der Waals surface area contributed by atoms with E-state index in [-0.39, 0.29) is 0 Å². The molecule has 0 spiro atoms. The van der Waals surface area contributed by atoms with E-state index in [1.165, 1.54) is 5.56 Å². The number of guanidine groups is 1. The van der Waals surface area contributed by atoms with Gasteiger partial charge in [-0.2, -0.15) is 0 Å². The second-order valence-electron chi connectivity index (χ2n) is 5.05. The van der Waals surface area contributed by atoms with Crippen molar-refractivity contribution >= 4 is 5.96 Å². The Kier molecular flexibility index (Phi) is 5.07. The minimum atomic E-state index is 0.569. The highest BCUT2D eigenvalue weighted by atomic mass is 16.5. The first-order chi connectivity index (χ1) is 9.28. The van der Waals surface area contributed by atoms with Gasteiger partial charge in [0, 0.05) is 19.6 Å². The summed E-state index contributed by atoms with van der Waals surface area (Å²) in [5.41, 5.74) is 1.34. The fraction of sp³-hybridized carbons (Fsp3) is 0.533. The Balaban J connectivity index is 1.76. The lowest BCUT2D eigenvalue weighted by molar-refractivity contribution is 0.414. The molecule has 0 saturated carbocycles. The van der Waals surface area contributed by atoms with Crippen LogP contribution in [0.1, 0.15) is 18.9 Å². The molecule has 0 bridgehead atoms. The fourth-order valence-electron chi connectivity index (χ4n) is 2.16. The summed E-state index contributed by atoms with van der Waals surface area (Å²) in [6, 6.07) is 8.29. The van der Waals surface area contributed by atoms with Gasteiger partial charge in [0.1, 0.15) is 5.75 Å². The number of ether oxygens (including phenoxy) is 1. The minimum absolute atomic E-state index is 0.569. The maximum Gasteiger partial charge on any atom is 0.191 e. The van der Waals surface area contributed by atoms with Crippen molar-refractivity contribution in [3.8, 4) is 5.75 Å². The third-order valence-corrected chi connectivity index (χ3v) is 3.26. The number of hydrogen-bond donors (Lipinski definition) is 2. The monoisotopic (exact) mass is 261 g/mol. The molecular formula is C15H23N3O. The van der Waals surface area contributed by atoms with E-state index in [4.69, 9.17) is 4.74 Å². The third-order valence-electron chi connectivity index (χ3n) is 3.26. The normalized spacial score (nSPS) is 16.2. The van der Waals surface area contributed by atoms with E-state index in [1.807, 2.05) is 12.1 Å². The molecule has 104 valence electrons. The minimum Gasteiger partial charge on any atom is -0.497 e. The van der Waals surface area contributed by atoms with Crippen LogP contribution in [-0.2, 0) is 6.42 Å². The van der Waals surface area contributed by atoms with Crippen molar-refractivity contribution in [2.24, 2.45) is 10.9 Å². The summed E-state index contributed by atoms with van der Waals surface area (Å²) in [7, 11) is 1.69. The Morgan fingerprint density at radius 2 is 2.16 bits per heavy atom. The number of hydrogen-bond acceptors (Lipinski definition) is 4. The van der Waals surface area contributed by atoms with Gasteiger partial charge < -0.3 is 15.4 Å². The van der Waals surface area contributed by atoms with Crippen LogP contribution in [0.15, 0.2) is 29.3 Å². The first-order valence-electron chi connectivity index (χ1n) is 6.93. The molecule has 0 radical (unpaired) electrons. The summed E-state index contributed by atoms with van der Waals surface area (Å²) in [6.07, 6.45) is 2.19. The number of methoxy groups -OCH3 is 1. The molecule has 0 aromatic heterocycles. The molecule has 0 amide bonds. The van der Waals surface area contributed by atoms with Crippen molar-refractivity contribution < 1.29 is 4.74 Å². The Bertz CT molecular complexity index is 414. The summed E-state index contributed by atoms with van der Waals surface area (Å²) in [4.78, 5) is 4.41. The SMILES string of the molecule is COc1ccc(CC(C)CNC2=NCCCN2)cc1. The van der Waals surface area contributed by atoms with E-state index in [0.29, 0.717) is 5.92 Å². The lowest BCUT2D eigenvalue weighted by Crippen LogP contribution is -2.42. The number of rotatable bonds is 5. The second-order valence-corrected chi connectivity index (χ2v) is 5.05. The largest absolute Gasteiger partial charge is 0.497 e. The molecule has 0 fully saturated rings. The van der Waals surface area contributed by atoms with Gasteiger partial charge in [0.15, 0.2) is 5.96 Å². The maximum absolute atomic E-state index is 5.16. The van der Waals surface area contributed by atoms with Crippen LogP contribution in [0.4, 0.5) is 0 Å². The summed E-state index contributed by atoms with van der Waals surface area (Å²) < 4.78 is 5.16. The molecule has 0 aliphatic carbocycles. The van der Waals surface area contributed by atoms with Gasteiger partial charge in [0.25, 0.3) is 0 Å². The third kappa shape index (κ3) is 4.47. The molecule has 1 aliphatic heterocycles. The molecule has 4 heteroatoms. The molecule has 1 heterocycles. The highest BCUT2D eigenvalue weighted by molar-refractivity contribution is 5.80. The summed E-state index contributed by atoms with van der Waals surface area (Å²) in [6.45, 7) is 5.15. The fourth-order valence-corrected chi connectivity index (χ4v) is 2.16. The van der Waals surface area contributed by atoms with Crippen molar-refractivity contribution in [1.29, 1.82) is 0 Å². The summed E-state index contributed by atoms with van der Waals surface area (Å²) in [5, 5.41) is 6.65. The van der Waals surface area contributed by atoms with Crippen molar-refractivity contribution in [3.05, 3.63) is 29.8 Å². The van der Waals surface area contributed by atoms with E-state index >= 15 is 0 Å². The smallest absolute Gasteiger partial charge is 0.191 e. The van der Waals surface area contributed by atoms with Crippen LogP contribution >= 0.6 is 0 Å². The van der Waals surface area contributed by atoms with Crippen LogP contribution in [0.5, 0.6) is 5.75 Å². The molecule has 19 heavy (non-hydrogen) atoms. The quantitative estimate of drug-likeness (QED) is 0.850. The number of aliphatic imine (C=N–C) groups is 1. The van der Waals surface area contributed by atoms with Crippen LogP contribution in [0.3, 0.4) is 0 Å². The second kappa shape index (κ2) is 7.02. The number of nitrogens with one attached hydrogen (secondary N) is 2. The lowest BCUT2D eigenvalue weighted by atomic mass is 10.0. The Morgan fingerprint density at radius 3 is 2.79 bits per heavy atom. The van der Waals surface area contributed by atoms with Gasteiger partial charge >= 0.3 is 0 Å². The zero-order valence-corrected chi connectivity index (χ0v) is 11.8. The summed E-state index contributed by atoms with van der Waals surface area (Å²) >= 11 is 0. The van der Waals surface area contributed by atoms with E-state index in [0.717, 1.165) is 44.2 Å². The van der Waals surface area contributed by atoms with Crippen LogP contribution < -0.4 is 15.4 Å². The van der Waals surface area contributed by atoms with Crippen molar-refractivity contribution in [3.63, 3.8) is 0 Å². The number of benzene rings is 1. The zero-order valence-electron chi connectivity index (χ0n) is 11.8. The Morgan fingerprint density at radius 1 is 1.37 bits per heavy atom. The molecule has 1 aliphatic rings. The highest BCUT2D eigenvalue weighted by Crippen LogP contribution is 2.14. The molecule has 0 saturated heterocycles. The van der Waals surface area contributed by atoms with E-state index in [2.05, 4.69) is 34.7 Å². The van der Waals surface area contributed by atoms with Gasteiger partial charge in [-0.25, -0.2) is 0 Å². The molecule has 2 rings (SSSR count). The first kappa shape index (κ1) is 13.7. The van der Waals surface area contributed by atoms with Crippen molar-refractivity contribution in [2.75, 3.05) is 26.7 Å². The van der Waals surface area contributed by atoms with Crippen LogP contribution in [0, 0.1) is 5.92 Å². The van der Waals surface area contributed by atoms with E-state index in [1.54, 1.807) is 7.11 Å². The molecule has 1 unspecified atom stereocenters. The standard InChI is InChI=1S/C15H23N3O/c1-12(11-18-15-16-8-3-9-17-15)10-13-4-6-14(19-2)7-5-13/h4-7,12H,3,8-11H2,1-2H3,(H2,16,17,18). The highest BCUT2D eigenvalue weighted by Gasteiger charge is 2.07. The molecule has 4 nitrogen and oxygen atoms in total. The van der Waals surface area contributed by atoms with Gasteiger partial charge in [0.2, 0.25) is 0 Å². The Labute approximate surface area is 115 Å². The zero-order chi connectivity index (χ0) is 13.5. The summed E-state index contributed by atoms with van der Waals surface area (Å²) in [5.74, 6) is 2.43. The predicted octanol–water partition coefficient (Wildman–Crippen LogP) is 1.81. The molecular weight excluding hydrogens is 238 g/mol. The van der Waals surface area contributed by atoms with Crippen molar-refractivity contribution in [1.82, 2.24) is 10.6 Å². The van der Waals surface area contributed by atoms with Gasteiger partial charge in [-0.3, -0.25) is 4.99 Å². The van der Waals surface area contributed by atoms with Gasteiger partial charge in [0.05, 0.1) is 7.11 Å². The predicted molar refractivity (Wildman–Crippen MR) is 78.8 cm³/mol. The van der Waals surface area contributed by atoms with Gasteiger partial charge in [-0.15, -0.1) is 0 Å². The van der Waals surface area contributed by atoms with Crippen LogP contribution in [-0.4, -0.2) is 32.7 Å². The molecule has 1 atom stereocenters. The Hall–Kier alpha value is -1.71. The molecule has 1 aromatic carbocycles. The average Bonchev–Trinajstić information content (AvgIpc) is 2.47. The molecule has 1 aromatic rings. The van der Waals surface area contributed by atoms with Gasteiger partial charge in [-0.05, 0) is 36.5 Å².